The van der Waals surface area contributed by atoms with Gasteiger partial charge >= 0.3 is 0 Å². The van der Waals surface area contributed by atoms with Crippen molar-refractivity contribution in [3.05, 3.63) is 53.2 Å². The maximum Gasteiger partial charge on any atom is 0.299 e. The van der Waals surface area contributed by atoms with Crippen LogP contribution in [0.4, 0.5) is 11.6 Å². The molecule has 0 aliphatic rings. The van der Waals surface area contributed by atoms with Gasteiger partial charge in [0, 0.05) is 0 Å². The second-order valence-electron chi connectivity index (χ2n) is 2.85. The Morgan fingerprint density at radius 3 is 2.33 bits per heavy atom. The van der Waals surface area contributed by atoms with Gasteiger partial charge in [0.05, 0.1) is 5.56 Å². The van der Waals surface area contributed by atoms with Gasteiger partial charge in [-0.2, -0.15) is 0 Å². The maximum atomic E-state index is 6.87. The van der Waals surface area contributed by atoms with E-state index in [0.29, 0.717) is 5.82 Å². The molecule has 15 heavy (non-hydrogen) atoms. The van der Waals surface area contributed by atoms with E-state index in [1.165, 1.54) is 0 Å². The number of aromatic amines is 1. The molecule has 1 N–H and O–H groups in total. The van der Waals surface area contributed by atoms with E-state index >= 15 is 0 Å². The monoisotopic (exact) mass is 194 g/mol. The van der Waals surface area contributed by atoms with Gasteiger partial charge in [-0.25, -0.2) is 0 Å². The van der Waals surface area contributed by atoms with E-state index in [9.17, 15) is 0 Å². The topological polar surface area (TPSA) is 37.4 Å². The first-order chi connectivity index (χ1) is 7.35. The highest BCUT2D eigenvalue weighted by atomic mass is 15.1. The number of nitrogens with one attached hydrogen (secondary N) is 1. The minimum atomic E-state index is 0.129. The Hall–Kier alpha value is -2.59. The largest absolute Gasteiger partial charge is 0.373 e. The number of rotatable bonds is 1. The van der Waals surface area contributed by atoms with Gasteiger partial charge in [-0.15, -0.1) is 0 Å². The number of hydrogen-bond acceptors (Lipinski definition) is 1. The fourth-order valence-corrected chi connectivity index (χ4v) is 1.24. The molecule has 0 aliphatic carbocycles. The predicted octanol–water partition coefficient (Wildman–Crippen LogP) is 3.18. The first-order valence-corrected chi connectivity index (χ1v) is 4.25. The molecule has 0 aliphatic heterocycles. The third-order valence-corrected chi connectivity index (χ3v) is 1.93. The van der Waals surface area contributed by atoms with Crippen LogP contribution in [0.1, 0.15) is 0 Å². The lowest BCUT2D eigenvalue weighted by Gasteiger charge is -1.87. The molecule has 0 atom stereocenters. The minimum absolute atomic E-state index is 0.129. The molecule has 0 spiro atoms. The molecule has 1 heterocycles. The highest BCUT2D eigenvalue weighted by molar-refractivity contribution is 5.69. The Labute approximate surface area is 86.9 Å². The van der Waals surface area contributed by atoms with Gasteiger partial charge in [-0.1, -0.05) is 36.3 Å². The fraction of sp³-hybridized carbons (Fsp3) is 0. The summed E-state index contributed by atoms with van der Waals surface area (Å²) in [5, 5.41) is 0. The third-order valence-electron chi connectivity index (χ3n) is 1.93. The summed E-state index contributed by atoms with van der Waals surface area (Å²) >= 11 is 0. The highest BCUT2D eigenvalue weighted by Gasteiger charge is 2.14. The van der Waals surface area contributed by atoms with Crippen LogP contribution in [-0.4, -0.2) is 9.97 Å². The highest BCUT2D eigenvalue weighted by Crippen LogP contribution is 2.28. The van der Waals surface area contributed by atoms with Gasteiger partial charge in [-0.05, 0) is 12.1 Å². The number of benzene rings is 1. The van der Waals surface area contributed by atoms with Crippen molar-refractivity contribution in [2.45, 2.75) is 0 Å². The summed E-state index contributed by atoms with van der Waals surface area (Å²) in [5.41, 5.74) is 0.873. The molecular weight excluding hydrogens is 188 g/mol. The Balaban J connectivity index is 2.54. The predicted molar refractivity (Wildman–Crippen MR) is 56.5 cm³/mol. The molecule has 2 rings (SSSR count). The van der Waals surface area contributed by atoms with Gasteiger partial charge in [0.1, 0.15) is 0 Å². The van der Waals surface area contributed by atoms with Crippen molar-refractivity contribution >= 4 is 11.6 Å². The van der Waals surface area contributed by atoms with Crippen LogP contribution in [0.2, 0.25) is 0 Å². The molecule has 1 aromatic heterocycles. The van der Waals surface area contributed by atoms with Crippen molar-refractivity contribution in [1.82, 2.24) is 9.97 Å². The summed E-state index contributed by atoms with van der Waals surface area (Å²) in [6.45, 7) is 13.7. The number of nitrogens with zero attached hydrogens (tertiary/aromatic N) is 3. The van der Waals surface area contributed by atoms with Crippen LogP contribution in [0, 0.1) is 13.1 Å². The van der Waals surface area contributed by atoms with E-state index in [2.05, 4.69) is 19.7 Å². The number of aromatic nitrogens is 2. The van der Waals surface area contributed by atoms with Crippen molar-refractivity contribution in [3.63, 3.8) is 0 Å². The molecule has 70 valence electrons. The average molecular weight is 194 g/mol. The zero-order valence-corrected chi connectivity index (χ0v) is 7.73. The molecule has 0 radical (unpaired) electrons. The molecule has 0 saturated heterocycles. The number of imidazole rings is 1. The maximum absolute atomic E-state index is 6.87. The third kappa shape index (κ3) is 1.56. The summed E-state index contributed by atoms with van der Waals surface area (Å²) < 4.78 is 0. The molecule has 2 aromatic rings. The summed E-state index contributed by atoms with van der Waals surface area (Å²) in [6, 6.07) is 9.41. The van der Waals surface area contributed by atoms with Crippen molar-refractivity contribution in [1.29, 1.82) is 0 Å². The van der Waals surface area contributed by atoms with Crippen LogP contribution in [0.15, 0.2) is 30.3 Å². The van der Waals surface area contributed by atoms with E-state index in [1.54, 1.807) is 0 Å². The van der Waals surface area contributed by atoms with Crippen molar-refractivity contribution in [2.75, 3.05) is 0 Å². The summed E-state index contributed by atoms with van der Waals surface area (Å²) in [4.78, 5) is 13.3. The fourth-order valence-electron chi connectivity index (χ4n) is 1.24. The first-order valence-electron chi connectivity index (χ1n) is 4.25. The second kappa shape index (κ2) is 3.65. The Morgan fingerprint density at radius 1 is 1.07 bits per heavy atom. The molecule has 4 heteroatoms. The molecule has 0 amide bonds. The molecule has 0 fully saturated rings. The van der Waals surface area contributed by atoms with E-state index in [-0.39, 0.29) is 11.6 Å². The van der Waals surface area contributed by atoms with Crippen molar-refractivity contribution in [3.8, 4) is 11.4 Å². The molecule has 0 saturated carbocycles. The van der Waals surface area contributed by atoms with Gasteiger partial charge in [0.2, 0.25) is 0 Å². The molecular formula is C11H6N4. The van der Waals surface area contributed by atoms with Crippen LogP contribution in [-0.2, 0) is 0 Å². The second-order valence-corrected chi connectivity index (χ2v) is 2.85. The van der Waals surface area contributed by atoms with Crippen molar-refractivity contribution < 1.29 is 0 Å². The lowest BCUT2D eigenvalue weighted by atomic mass is 10.2. The Bertz CT molecular complexity index is 523. The average Bonchev–Trinajstić information content (AvgIpc) is 2.73. The van der Waals surface area contributed by atoms with Crippen LogP contribution in [0.3, 0.4) is 0 Å². The van der Waals surface area contributed by atoms with Crippen molar-refractivity contribution in [2.24, 2.45) is 0 Å². The summed E-state index contributed by atoms with van der Waals surface area (Å²) in [6.07, 6.45) is 0. The quantitative estimate of drug-likeness (QED) is 0.695. The minimum Gasteiger partial charge on any atom is -0.373 e. The van der Waals surface area contributed by atoms with E-state index in [0.717, 1.165) is 5.56 Å². The zero-order chi connectivity index (χ0) is 10.7. The summed E-state index contributed by atoms with van der Waals surface area (Å²) in [7, 11) is 0. The van der Waals surface area contributed by atoms with Gasteiger partial charge in [0.25, 0.3) is 17.5 Å². The molecule has 1 aromatic carbocycles. The van der Waals surface area contributed by atoms with Gasteiger partial charge < -0.3 is 9.69 Å². The van der Waals surface area contributed by atoms with Crippen LogP contribution >= 0.6 is 0 Å². The lowest BCUT2D eigenvalue weighted by Crippen LogP contribution is -1.77. The number of hydrogen-bond donors (Lipinski definition) is 1. The first kappa shape index (κ1) is 8.98. The molecule has 4 nitrogen and oxygen atoms in total. The van der Waals surface area contributed by atoms with E-state index in [4.69, 9.17) is 13.1 Å². The van der Waals surface area contributed by atoms with Gasteiger partial charge in [0.15, 0.2) is 0 Å². The normalized spacial score (nSPS) is 9.20. The lowest BCUT2D eigenvalue weighted by molar-refractivity contribution is 1.32. The van der Waals surface area contributed by atoms with Gasteiger partial charge in [-0.3, -0.25) is 4.98 Å². The summed E-state index contributed by atoms with van der Waals surface area (Å²) in [5.74, 6) is 0.889. The SMILES string of the molecule is [C-]#[N+]c1nc(-c2ccccc2)[nH]c1[N+]#[C-]. The standard InChI is InChI=1S/C11H6N4/c1-12-10-11(13-2)15-9(14-10)8-6-4-3-5-7-8/h3-7H,(H,14,15). The molecule has 0 bridgehead atoms. The van der Waals surface area contributed by atoms with E-state index < -0.39 is 0 Å². The Morgan fingerprint density at radius 2 is 1.80 bits per heavy atom. The molecule has 0 unspecified atom stereocenters. The zero-order valence-electron chi connectivity index (χ0n) is 7.73. The van der Waals surface area contributed by atoms with Crippen LogP contribution < -0.4 is 0 Å². The van der Waals surface area contributed by atoms with Crippen LogP contribution in [0.25, 0.3) is 21.1 Å². The van der Waals surface area contributed by atoms with Crippen LogP contribution in [0.5, 0.6) is 0 Å². The Kier molecular flexibility index (Phi) is 2.19. The van der Waals surface area contributed by atoms with E-state index in [1.807, 2.05) is 30.3 Å². The number of H-pyrrole nitrogens is 1. The smallest absolute Gasteiger partial charge is 0.299 e.